The van der Waals surface area contributed by atoms with Crippen molar-refractivity contribution < 1.29 is 30.7 Å². The van der Waals surface area contributed by atoms with E-state index >= 15 is 0 Å². The van der Waals surface area contributed by atoms with Crippen molar-refractivity contribution in [3.8, 4) is 0 Å². The summed E-state index contributed by atoms with van der Waals surface area (Å²) in [6, 6.07) is -2.71. The molecule has 0 unspecified atom stereocenters. The molecule has 1 heterocycles. The first-order valence-corrected chi connectivity index (χ1v) is 8.21. The molecule has 1 fully saturated rings. The zero-order valence-electron chi connectivity index (χ0n) is 19.4. The zero-order chi connectivity index (χ0) is 22.6. The van der Waals surface area contributed by atoms with Gasteiger partial charge in [0, 0.05) is 18.5 Å². The molecule has 1 aliphatic heterocycles. The van der Waals surface area contributed by atoms with Crippen molar-refractivity contribution in [3.63, 3.8) is 0 Å². The van der Waals surface area contributed by atoms with Crippen LogP contribution in [0.1, 0.15) is 38.6 Å². The molecule has 0 spiro atoms. The lowest BCUT2D eigenvalue weighted by Crippen LogP contribution is -2.48. The predicted molar refractivity (Wildman–Crippen MR) is 92.0 cm³/mol. The molecule has 0 bridgehead atoms. The highest BCUT2D eigenvalue weighted by Gasteiger charge is 2.35. The summed E-state index contributed by atoms with van der Waals surface area (Å²) in [4.78, 5) is 37.8. The average Bonchev–Trinajstić information content (AvgIpc) is 2.73. The fourth-order valence-corrected chi connectivity index (χ4v) is 3.01. The number of benzene rings is 1. The molecule has 1 aromatic rings. The van der Waals surface area contributed by atoms with Gasteiger partial charge in [-0.1, -0.05) is 30.2 Å². The first-order chi connectivity index (χ1) is 14.1. The molecule has 0 aliphatic carbocycles. The second-order valence-corrected chi connectivity index (χ2v) is 5.79. The van der Waals surface area contributed by atoms with Crippen molar-refractivity contribution in [3.05, 3.63) is 35.8 Å². The number of likely N-dealkylation sites (tertiary alicyclic amines) is 1. The number of esters is 1. The molecule has 2 atom stereocenters. The van der Waals surface area contributed by atoms with Crippen molar-refractivity contribution in [2.75, 3.05) is 20.3 Å². The fraction of sp³-hybridized carbons (Fsp3) is 0.526. The number of ether oxygens (including phenoxy) is 2. The molecule has 1 amide bonds. The van der Waals surface area contributed by atoms with Gasteiger partial charge < -0.3 is 14.4 Å². The van der Waals surface area contributed by atoms with Crippen molar-refractivity contribution in [1.29, 1.82) is 0 Å². The molecule has 2 rings (SSSR count). The van der Waals surface area contributed by atoms with E-state index in [0.717, 1.165) is 0 Å². The summed E-state index contributed by atoms with van der Waals surface area (Å²) < 4.78 is 49.2. The summed E-state index contributed by atoms with van der Waals surface area (Å²) in [6.45, 7) is 2.01. The summed E-state index contributed by atoms with van der Waals surface area (Å²) in [7, 11) is 1.22. The first-order valence-electron chi connectivity index (χ1n) is 10.7. The van der Waals surface area contributed by atoms with Crippen molar-refractivity contribution in [2.24, 2.45) is 5.92 Å². The molecule has 6 nitrogen and oxygen atoms in total. The van der Waals surface area contributed by atoms with Crippen molar-refractivity contribution in [1.82, 2.24) is 4.90 Å². The smallest absolute Gasteiger partial charge is 0.409 e. The lowest BCUT2D eigenvalue weighted by molar-refractivity contribution is -0.146. The molecule has 1 saturated heterocycles. The summed E-state index contributed by atoms with van der Waals surface area (Å²) >= 11 is 0. The van der Waals surface area contributed by atoms with Gasteiger partial charge in [-0.25, -0.2) is 4.79 Å². The van der Waals surface area contributed by atoms with Crippen LogP contribution in [0.3, 0.4) is 0 Å². The van der Waals surface area contributed by atoms with Gasteiger partial charge in [0.15, 0.2) is 0 Å². The van der Waals surface area contributed by atoms with E-state index in [1.54, 1.807) is 6.92 Å². The van der Waals surface area contributed by atoms with Gasteiger partial charge in [0.25, 0.3) is 0 Å². The molecule has 1 aromatic carbocycles. The number of nitrogens with zero attached hydrogens (tertiary/aromatic N) is 1. The number of Topliss-reactive ketones (excluding diaryl/α,β-unsaturated/α-hetero) is 1. The van der Waals surface area contributed by atoms with Crippen LogP contribution in [-0.2, 0) is 25.5 Å². The molecule has 0 N–H and O–H groups in total. The number of hydrogen-bond donors (Lipinski definition) is 0. The van der Waals surface area contributed by atoms with Gasteiger partial charge in [0.2, 0.25) is 0 Å². The Morgan fingerprint density at radius 2 is 2.00 bits per heavy atom. The third-order valence-corrected chi connectivity index (χ3v) is 4.20. The van der Waals surface area contributed by atoms with Gasteiger partial charge >= 0.3 is 12.1 Å². The van der Waals surface area contributed by atoms with Gasteiger partial charge in [0.05, 0.1) is 20.6 Å². The highest BCUT2D eigenvalue weighted by molar-refractivity contribution is 5.96. The largest absolute Gasteiger partial charge is 0.466 e. The Hall–Kier alpha value is -2.37. The van der Waals surface area contributed by atoms with E-state index in [-0.39, 0.29) is 55.8 Å². The molecular weight excluding hydrogens is 322 g/mol. The van der Waals surface area contributed by atoms with E-state index in [1.165, 1.54) is 12.0 Å². The number of piperidine rings is 1. The van der Waals surface area contributed by atoms with Crippen LogP contribution >= 0.6 is 0 Å². The predicted octanol–water partition coefficient (Wildman–Crippen LogP) is 2.60. The number of hydrogen-bond acceptors (Lipinski definition) is 5. The van der Waals surface area contributed by atoms with E-state index < -0.39 is 42.1 Å². The SMILES string of the molecule is [2H]c1c([2H])c([2H])c(C[C@@H]2C[C@@H](C(=O)CC(=O)OCC)CCN2C(=O)OC)c([2H])c1[2H]. The lowest BCUT2D eigenvalue weighted by Gasteiger charge is -2.38. The summed E-state index contributed by atoms with van der Waals surface area (Å²) in [5.74, 6) is -1.42. The Morgan fingerprint density at radius 1 is 1.28 bits per heavy atom. The standard InChI is InChI=1S/C19H25NO5/c1-3-25-18(22)13-17(21)15-9-10-20(19(23)24-2)16(12-15)11-14-7-5-4-6-8-14/h4-8,15-16H,3,9-13H2,1-2H3/t15-,16+/m0/s1/i4D,5D,6D,7D,8D. The van der Waals surface area contributed by atoms with Gasteiger partial charge in [0.1, 0.15) is 12.2 Å². The lowest BCUT2D eigenvalue weighted by atomic mass is 9.84. The Bertz CT molecular complexity index is 818. The third-order valence-electron chi connectivity index (χ3n) is 4.20. The Balaban J connectivity index is 2.30. The highest BCUT2D eigenvalue weighted by Crippen LogP contribution is 2.27. The normalized spacial score (nSPS) is 22.8. The van der Waals surface area contributed by atoms with E-state index in [1.807, 2.05) is 0 Å². The van der Waals surface area contributed by atoms with Crippen LogP contribution < -0.4 is 0 Å². The second kappa shape index (κ2) is 9.20. The molecule has 25 heavy (non-hydrogen) atoms. The van der Waals surface area contributed by atoms with Crippen LogP contribution in [0.25, 0.3) is 0 Å². The number of amides is 1. The first kappa shape index (κ1) is 12.9. The molecule has 0 radical (unpaired) electrons. The van der Waals surface area contributed by atoms with Crippen LogP contribution in [0.2, 0.25) is 0 Å². The van der Waals surface area contributed by atoms with E-state index in [9.17, 15) is 14.4 Å². The molecule has 0 aromatic heterocycles. The Kier molecular flexibility index (Phi) is 4.75. The molecule has 6 heteroatoms. The number of ketones is 1. The number of rotatable bonds is 6. The summed E-state index contributed by atoms with van der Waals surface area (Å²) in [5, 5.41) is 0. The van der Waals surface area contributed by atoms with Crippen LogP contribution in [-0.4, -0.2) is 49.0 Å². The zero-order valence-corrected chi connectivity index (χ0v) is 14.4. The van der Waals surface area contributed by atoms with Crippen LogP contribution in [0, 0.1) is 5.92 Å². The average molecular weight is 352 g/mol. The minimum atomic E-state index is -0.622. The minimum Gasteiger partial charge on any atom is -0.466 e. The molecule has 0 saturated carbocycles. The second-order valence-electron chi connectivity index (χ2n) is 5.79. The fourth-order valence-electron chi connectivity index (χ4n) is 3.01. The van der Waals surface area contributed by atoms with E-state index in [0.29, 0.717) is 6.42 Å². The topological polar surface area (TPSA) is 72.9 Å². The van der Waals surface area contributed by atoms with E-state index in [4.69, 9.17) is 16.3 Å². The number of methoxy groups -OCH3 is 1. The molecule has 1 aliphatic rings. The van der Waals surface area contributed by atoms with Crippen LogP contribution in [0.4, 0.5) is 4.79 Å². The maximum atomic E-state index is 12.5. The van der Waals surface area contributed by atoms with Gasteiger partial charge in [-0.2, -0.15) is 0 Å². The maximum absolute atomic E-state index is 12.5. The number of carbonyl (C=O) groups excluding carboxylic acids is 3. The van der Waals surface area contributed by atoms with Crippen LogP contribution in [0.15, 0.2) is 30.2 Å². The highest BCUT2D eigenvalue weighted by atomic mass is 16.5. The third kappa shape index (κ3) is 5.31. The molecular formula is C19H25NO5. The minimum absolute atomic E-state index is 0.0337. The van der Waals surface area contributed by atoms with Crippen LogP contribution in [0.5, 0.6) is 0 Å². The van der Waals surface area contributed by atoms with Gasteiger partial charge in [-0.05, 0) is 31.7 Å². The van der Waals surface area contributed by atoms with E-state index in [2.05, 4.69) is 0 Å². The monoisotopic (exact) mass is 352 g/mol. The quantitative estimate of drug-likeness (QED) is 0.581. The number of carbonyl (C=O) groups is 3. The van der Waals surface area contributed by atoms with Gasteiger partial charge in [-0.15, -0.1) is 0 Å². The van der Waals surface area contributed by atoms with Gasteiger partial charge in [-0.3, -0.25) is 9.59 Å². The van der Waals surface area contributed by atoms with Crippen molar-refractivity contribution in [2.45, 2.75) is 38.6 Å². The summed E-state index contributed by atoms with van der Waals surface area (Å²) in [5.41, 5.74) is 0.0680. The molecule has 136 valence electrons. The maximum Gasteiger partial charge on any atom is 0.409 e. The van der Waals surface area contributed by atoms with Crippen molar-refractivity contribution >= 4 is 17.8 Å². The summed E-state index contributed by atoms with van der Waals surface area (Å²) in [6.07, 6.45) is -0.491. The Morgan fingerprint density at radius 3 is 2.64 bits per heavy atom. The Labute approximate surface area is 155 Å².